The minimum absolute atomic E-state index is 0.307. The lowest BCUT2D eigenvalue weighted by Crippen LogP contribution is -2.12. The first kappa shape index (κ1) is 18.4. The van der Waals surface area contributed by atoms with E-state index in [-0.39, 0.29) is 5.82 Å². The number of hydrogen-bond donors (Lipinski definition) is 1. The second kappa shape index (κ2) is 7.58. The van der Waals surface area contributed by atoms with Gasteiger partial charge in [0.2, 0.25) is 0 Å². The topological polar surface area (TPSA) is 61.0 Å². The van der Waals surface area contributed by atoms with Gasteiger partial charge in [-0.3, -0.25) is 4.98 Å². The van der Waals surface area contributed by atoms with Gasteiger partial charge in [0.25, 0.3) is 0 Å². The molecular weight excluding hydrogens is 353 g/mol. The zero-order valence-corrected chi connectivity index (χ0v) is 16.2. The summed E-state index contributed by atoms with van der Waals surface area (Å²) in [5.74, 6) is 0.614. The van der Waals surface area contributed by atoms with Crippen LogP contribution < -0.4 is 10.5 Å². The molecule has 0 unspecified atom stereocenters. The van der Waals surface area contributed by atoms with Crippen LogP contribution in [0.3, 0.4) is 0 Å². The number of hydrogen-bond acceptors (Lipinski definition) is 4. The maximum Gasteiger partial charge on any atom is 0.174 e. The Morgan fingerprint density at radius 3 is 2.54 bits per heavy atom. The van der Waals surface area contributed by atoms with Gasteiger partial charge in [0.1, 0.15) is 12.4 Å². The molecule has 0 atom stereocenters. The molecule has 0 radical (unpaired) electrons. The quantitative estimate of drug-likeness (QED) is 0.653. The molecule has 1 aliphatic carbocycles. The minimum atomic E-state index is -0.382. The Labute approximate surface area is 164 Å². The summed E-state index contributed by atoms with van der Waals surface area (Å²) in [4.78, 5) is 8.25. The van der Waals surface area contributed by atoms with E-state index in [0.717, 1.165) is 24.0 Å². The number of nitrogen functional groups attached to an aromatic ring is 1. The Morgan fingerprint density at radius 2 is 1.89 bits per heavy atom. The molecule has 1 fully saturated rings. The largest absolute Gasteiger partial charge is 0.486 e. The molecule has 0 aliphatic heterocycles. The van der Waals surface area contributed by atoms with Gasteiger partial charge < -0.3 is 10.5 Å². The van der Waals surface area contributed by atoms with Gasteiger partial charge in [-0.15, -0.1) is 0 Å². The van der Waals surface area contributed by atoms with Gasteiger partial charge in [0.15, 0.2) is 11.6 Å². The van der Waals surface area contributed by atoms with E-state index in [2.05, 4.69) is 35.9 Å². The van der Waals surface area contributed by atoms with E-state index in [1.54, 1.807) is 6.07 Å². The molecule has 28 heavy (non-hydrogen) atoms. The summed E-state index contributed by atoms with van der Waals surface area (Å²) in [6.45, 7) is 4.47. The molecule has 1 heterocycles. The number of nitrogens with zero attached hydrogens (tertiary/aromatic N) is 2. The lowest BCUT2D eigenvalue weighted by molar-refractivity contribution is 0.278. The molecule has 0 saturated heterocycles. The zero-order valence-electron chi connectivity index (χ0n) is 16.2. The van der Waals surface area contributed by atoms with Crippen LogP contribution in [0.15, 0.2) is 42.7 Å². The molecule has 0 amide bonds. The molecule has 5 heteroatoms. The third kappa shape index (κ3) is 3.57. The van der Waals surface area contributed by atoms with Gasteiger partial charge in [0, 0.05) is 11.1 Å². The molecule has 4 rings (SSSR count). The number of rotatable bonds is 5. The van der Waals surface area contributed by atoms with Crippen molar-refractivity contribution in [3.05, 3.63) is 70.8 Å². The highest BCUT2D eigenvalue weighted by Gasteiger charge is 2.27. The Kier molecular flexibility index (Phi) is 4.99. The Balaban J connectivity index is 1.68. The van der Waals surface area contributed by atoms with Crippen molar-refractivity contribution < 1.29 is 9.13 Å². The normalized spacial score (nSPS) is 14.0. The summed E-state index contributed by atoms with van der Waals surface area (Å²) in [5.41, 5.74) is 10.8. The van der Waals surface area contributed by atoms with Gasteiger partial charge in [-0.05, 0) is 55.4 Å². The van der Waals surface area contributed by atoms with Gasteiger partial charge in [-0.1, -0.05) is 30.7 Å². The predicted octanol–water partition coefficient (Wildman–Crippen LogP) is 5.33. The average molecular weight is 377 g/mol. The van der Waals surface area contributed by atoms with Crippen molar-refractivity contribution in [2.45, 2.75) is 45.6 Å². The molecule has 2 N–H and O–H groups in total. The smallest absolute Gasteiger partial charge is 0.174 e. The maximum absolute atomic E-state index is 15.5. The molecule has 0 spiro atoms. The number of anilines is 1. The summed E-state index contributed by atoms with van der Waals surface area (Å²) >= 11 is 0. The second-order valence-electron chi connectivity index (χ2n) is 7.51. The van der Waals surface area contributed by atoms with Crippen LogP contribution in [0.25, 0.3) is 11.3 Å². The maximum atomic E-state index is 15.5. The summed E-state index contributed by atoms with van der Waals surface area (Å²) in [6.07, 6.45) is 6.24. The zero-order chi connectivity index (χ0) is 19.7. The van der Waals surface area contributed by atoms with Crippen molar-refractivity contribution >= 4 is 5.82 Å². The van der Waals surface area contributed by atoms with Crippen LogP contribution in [0.2, 0.25) is 0 Å². The predicted molar refractivity (Wildman–Crippen MR) is 109 cm³/mol. The second-order valence-corrected chi connectivity index (χ2v) is 7.51. The number of halogens is 1. The van der Waals surface area contributed by atoms with Gasteiger partial charge in [-0.25, -0.2) is 9.37 Å². The summed E-state index contributed by atoms with van der Waals surface area (Å²) in [7, 11) is 0. The lowest BCUT2D eigenvalue weighted by atomic mass is 9.79. The van der Waals surface area contributed by atoms with Crippen molar-refractivity contribution in [2.75, 3.05) is 5.73 Å². The highest BCUT2D eigenvalue weighted by atomic mass is 19.1. The van der Waals surface area contributed by atoms with Crippen molar-refractivity contribution in [1.82, 2.24) is 9.97 Å². The Morgan fingerprint density at radius 1 is 1.07 bits per heavy atom. The Hall–Kier alpha value is -2.95. The highest BCUT2D eigenvalue weighted by molar-refractivity contribution is 5.64. The van der Waals surface area contributed by atoms with E-state index in [1.165, 1.54) is 29.9 Å². The summed E-state index contributed by atoms with van der Waals surface area (Å²) in [5, 5.41) is 0. The first-order valence-corrected chi connectivity index (χ1v) is 9.62. The molecule has 1 aliphatic rings. The lowest BCUT2D eigenvalue weighted by Gasteiger charge is -2.28. The molecule has 144 valence electrons. The molecule has 0 bridgehead atoms. The number of benzene rings is 2. The monoisotopic (exact) mass is 377 g/mol. The minimum Gasteiger partial charge on any atom is -0.486 e. The van der Waals surface area contributed by atoms with Crippen LogP contribution in [-0.4, -0.2) is 9.97 Å². The average Bonchev–Trinajstić information content (AvgIpc) is 2.64. The standard InChI is InChI=1S/C23H24FN3O/c1-14-6-7-16(10-15(14)2)13-28-23-18(17-4-3-5-17)8-9-19(22(23)24)20-11-27-21(25)12-26-20/h6-12,17H,3-5,13H2,1-2H3,(H2,25,27). The van der Waals surface area contributed by atoms with Gasteiger partial charge in [0.05, 0.1) is 18.1 Å². The van der Waals surface area contributed by atoms with E-state index in [0.29, 0.717) is 35.3 Å². The fourth-order valence-electron chi connectivity index (χ4n) is 3.48. The van der Waals surface area contributed by atoms with Crippen LogP contribution in [0.1, 0.15) is 47.4 Å². The van der Waals surface area contributed by atoms with Crippen LogP contribution in [0.5, 0.6) is 5.75 Å². The van der Waals surface area contributed by atoms with E-state index in [1.807, 2.05) is 12.1 Å². The van der Waals surface area contributed by atoms with E-state index in [9.17, 15) is 0 Å². The third-order valence-electron chi connectivity index (χ3n) is 5.57. The molecule has 1 aromatic heterocycles. The number of ether oxygens (including phenoxy) is 1. The molecule has 4 nitrogen and oxygen atoms in total. The molecule has 3 aromatic rings. The third-order valence-corrected chi connectivity index (χ3v) is 5.57. The van der Waals surface area contributed by atoms with Crippen molar-refractivity contribution in [2.24, 2.45) is 0 Å². The van der Waals surface area contributed by atoms with Crippen molar-refractivity contribution in [1.29, 1.82) is 0 Å². The molecule has 1 saturated carbocycles. The van der Waals surface area contributed by atoms with Crippen LogP contribution >= 0.6 is 0 Å². The van der Waals surface area contributed by atoms with Crippen LogP contribution in [0, 0.1) is 19.7 Å². The SMILES string of the molecule is Cc1ccc(COc2c(C3CCC3)ccc(-c3cnc(N)cn3)c2F)cc1C. The van der Waals surface area contributed by atoms with Gasteiger partial charge >= 0.3 is 0 Å². The van der Waals surface area contributed by atoms with Crippen LogP contribution in [-0.2, 0) is 6.61 Å². The van der Waals surface area contributed by atoms with Gasteiger partial charge in [-0.2, -0.15) is 0 Å². The molecular formula is C23H24FN3O. The summed E-state index contributed by atoms with van der Waals surface area (Å²) in [6, 6.07) is 9.92. The van der Waals surface area contributed by atoms with Crippen molar-refractivity contribution in [3.8, 4) is 17.0 Å². The first-order valence-electron chi connectivity index (χ1n) is 9.62. The number of aryl methyl sites for hydroxylation is 2. The van der Waals surface area contributed by atoms with Crippen LogP contribution in [0.4, 0.5) is 10.2 Å². The Bertz CT molecular complexity index is 997. The van der Waals surface area contributed by atoms with E-state index in [4.69, 9.17) is 10.5 Å². The first-order chi connectivity index (χ1) is 13.5. The number of nitrogens with two attached hydrogens (primary N) is 1. The molecule has 2 aromatic carbocycles. The van der Waals surface area contributed by atoms with E-state index >= 15 is 4.39 Å². The van der Waals surface area contributed by atoms with Crippen molar-refractivity contribution in [3.63, 3.8) is 0 Å². The summed E-state index contributed by atoms with van der Waals surface area (Å²) < 4.78 is 21.5. The fourth-order valence-corrected chi connectivity index (χ4v) is 3.48. The highest BCUT2D eigenvalue weighted by Crippen LogP contribution is 2.44. The fraction of sp³-hybridized carbons (Fsp3) is 0.304. The number of aromatic nitrogens is 2. The van der Waals surface area contributed by atoms with E-state index < -0.39 is 0 Å².